The molecule has 32 nitrogen and oxygen atoms in total. The number of ether oxygens (including phenoxy) is 11. The Morgan fingerprint density at radius 3 is 1.50 bits per heavy atom. The molecule has 100 heavy (non-hydrogen) atoms. The Kier molecular flexibility index (Phi) is 25.6. The minimum Gasteiger partial charge on any atom is -0.394 e. The van der Waals surface area contributed by atoms with Crippen molar-refractivity contribution in [2.45, 2.75) is 321 Å². The highest BCUT2D eigenvalue weighted by Gasteiger charge is 2.71. The van der Waals surface area contributed by atoms with Gasteiger partial charge in [-0.2, -0.15) is 0 Å². The lowest BCUT2D eigenvalue weighted by molar-refractivity contribution is -0.348. The smallest absolute Gasteiger partial charge is 0.187 e. The summed E-state index contributed by atoms with van der Waals surface area (Å²) in [5.41, 5.74) is -2.33. The molecule has 5 saturated heterocycles. The SMILES string of the molecule is CO[C@@H]1C[C@H](OC[C@@H]2O[C@H](OC[C@@H]3O[C@H](O[C@@H]4CCC5C(=CCC6[C@]5(C)[C@@H](O)C[C@@]5(C)C([C@@H](C)CC[C@H](C[C@H]7O[C@@H](CO[C@@H]8O[C@H](CO)[C@@H](O)[C@H](O)[C@H]8O)[C@H](O)[C@@H](O)[C@@H]7O[C@@H]7O[C@H](CO)[C@@H](O)[C@H](O)[C@H]7O)C(C)(C)O)CC[C@]65C)C4(C)C)[C@@H](O)[C@H](O)[C@H]3O)[C@@H](O)[C@H](O)[C@H]2O)[C@@H](O)[C@H](O)[C@H]1O. The Hall–Kier alpha value is -1.54. The Bertz CT molecular complexity index is 2670. The number of methoxy groups -OCH3 is 1. The lowest BCUT2D eigenvalue weighted by Crippen LogP contribution is -2.65. The Labute approximate surface area is 581 Å². The van der Waals surface area contributed by atoms with Crippen LogP contribution >= 0.6 is 0 Å². The molecule has 10 aliphatic rings. The molecule has 5 aliphatic heterocycles. The maximum atomic E-state index is 12.9. The summed E-state index contributed by atoms with van der Waals surface area (Å²) in [5, 5.41) is 230. The van der Waals surface area contributed by atoms with Crippen molar-refractivity contribution < 1.29 is 159 Å². The number of aliphatic hydroxyl groups is 21. The van der Waals surface area contributed by atoms with E-state index in [9.17, 15) is 107 Å². The highest BCUT2D eigenvalue weighted by Crippen LogP contribution is 2.75. The monoisotopic (exact) mass is 1440 g/mol. The van der Waals surface area contributed by atoms with Crippen molar-refractivity contribution in [3.05, 3.63) is 11.6 Å². The zero-order valence-corrected chi connectivity index (χ0v) is 58.4. The van der Waals surface area contributed by atoms with Gasteiger partial charge in [0.15, 0.2) is 25.2 Å². The van der Waals surface area contributed by atoms with Crippen LogP contribution in [0.5, 0.6) is 0 Å². The fourth-order valence-corrected chi connectivity index (χ4v) is 19.3. The molecule has 580 valence electrons. The van der Waals surface area contributed by atoms with Crippen LogP contribution in [0.4, 0.5) is 0 Å². The van der Waals surface area contributed by atoms with E-state index in [1.54, 1.807) is 13.8 Å². The molecule has 5 heterocycles. The molecule has 0 bridgehead atoms. The minimum atomic E-state index is -1.91. The van der Waals surface area contributed by atoms with E-state index in [1.165, 1.54) is 7.11 Å². The van der Waals surface area contributed by atoms with Crippen molar-refractivity contribution in [3.8, 4) is 0 Å². The molecule has 0 aromatic rings. The zero-order chi connectivity index (χ0) is 73.5. The van der Waals surface area contributed by atoms with Gasteiger partial charge in [0.2, 0.25) is 0 Å². The molecule has 0 amide bonds. The van der Waals surface area contributed by atoms with Gasteiger partial charge < -0.3 is 159 Å². The summed E-state index contributed by atoms with van der Waals surface area (Å²) < 4.78 is 65.1. The van der Waals surface area contributed by atoms with E-state index in [2.05, 4.69) is 33.8 Å². The maximum absolute atomic E-state index is 12.9. The standard InChI is InChI=1S/C68H116O32/c1-26(10-11-27(65(4,5)89)18-33-59(100-63-58(88)51(81)45(75)35(22-70)96-63)54(84)48(78)36(94-33)24-92-60-55(85)50(80)44(74)34(21-69)95-60)28-16-17-66(6)39-14-12-29-30(68(39,8)40(71)20-67(28,66)7)13-15-41(64(29,2)3)99-62-57(87)53(83)47(77)38(98-62)25-93-61-56(86)52(82)46(76)37(97-61)23-91-32-19-31(90-9)42(72)49(79)43(32)73/h12,26-28,30-63,69-89H,10-11,13-25H2,1-9H3/t26-,27+,28?,30?,31+,32-,33+,34+,35+,36-,37-,38-,39?,40-,41+,42-,43+,44+,45+,46-,47-,48-,49+,50-,51-,52+,53+,54+,55+,56-,57-,58+,59+,60+,61-,62+,63-,66+,67-,68+/m0/s1. The summed E-state index contributed by atoms with van der Waals surface area (Å²) in [5.74, 6) is -0.579. The third-order valence-corrected chi connectivity index (χ3v) is 26.1. The lowest BCUT2D eigenvalue weighted by Gasteiger charge is -2.67. The van der Waals surface area contributed by atoms with Crippen LogP contribution in [0.1, 0.15) is 120 Å². The van der Waals surface area contributed by atoms with Crippen LogP contribution in [0.3, 0.4) is 0 Å². The lowest BCUT2D eigenvalue weighted by atomic mass is 9.38. The van der Waals surface area contributed by atoms with Crippen molar-refractivity contribution in [2.24, 2.45) is 51.2 Å². The first-order valence-electron chi connectivity index (χ1n) is 35.7. The van der Waals surface area contributed by atoms with E-state index in [0.717, 1.165) is 18.4 Å². The van der Waals surface area contributed by atoms with Crippen LogP contribution in [0.2, 0.25) is 0 Å². The van der Waals surface area contributed by atoms with E-state index < -0.39 is 251 Å². The van der Waals surface area contributed by atoms with Crippen LogP contribution in [0.25, 0.3) is 0 Å². The van der Waals surface area contributed by atoms with Gasteiger partial charge in [0.05, 0.1) is 69.2 Å². The second kappa shape index (κ2) is 31.6. The van der Waals surface area contributed by atoms with Crippen LogP contribution in [0.15, 0.2) is 11.6 Å². The average Bonchev–Trinajstić information content (AvgIpc) is 1.29. The van der Waals surface area contributed by atoms with E-state index in [4.69, 9.17) is 52.1 Å². The molecule has 0 aromatic heterocycles. The molecular weight excluding hydrogens is 1330 g/mol. The topological polar surface area (TPSA) is 526 Å². The number of hydrogen-bond donors (Lipinski definition) is 21. The summed E-state index contributed by atoms with van der Waals surface area (Å²) in [6, 6.07) is 0. The number of rotatable bonds is 23. The minimum absolute atomic E-state index is 0.0209. The van der Waals surface area contributed by atoms with Gasteiger partial charge in [-0.25, -0.2) is 0 Å². The van der Waals surface area contributed by atoms with E-state index >= 15 is 0 Å². The third kappa shape index (κ3) is 15.0. The van der Waals surface area contributed by atoms with Crippen LogP contribution in [-0.2, 0) is 52.1 Å². The predicted octanol–water partition coefficient (Wildman–Crippen LogP) is -5.85. The molecule has 10 rings (SSSR count). The Morgan fingerprint density at radius 2 is 0.960 bits per heavy atom. The molecule has 0 radical (unpaired) electrons. The van der Waals surface area contributed by atoms with Crippen molar-refractivity contribution in [3.63, 3.8) is 0 Å². The Balaban J connectivity index is 0.794. The summed E-state index contributed by atoms with van der Waals surface area (Å²) in [6.45, 7) is 13.2. The third-order valence-electron chi connectivity index (χ3n) is 26.1. The molecule has 21 N–H and O–H groups in total. The summed E-state index contributed by atoms with van der Waals surface area (Å²) >= 11 is 0. The molecule has 40 atom stereocenters. The van der Waals surface area contributed by atoms with Gasteiger partial charge >= 0.3 is 0 Å². The van der Waals surface area contributed by atoms with Crippen LogP contribution in [0, 0.1) is 51.2 Å². The van der Waals surface area contributed by atoms with Gasteiger partial charge in [-0.05, 0) is 106 Å². The molecular formula is C68H116O32. The zero-order valence-electron chi connectivity index (χ0n) is 58.4. The number of aliphatic hydroxyl groups excluding tert-OH is 20. The molecule has 0 spiro atoms. The fraction of sp³-hybridized carbons (Fsp3) is 0.971. The first kappa shape index (κ1) is 81.0. The second-order valence-electron chi connectivity index (χ2n) is 32.4. The normalized spacial score (nSPS) is 52.1. The molecule has 5 aliphatic carbocycles. The summed E-state index contributed by atoms with van der Waals surface area (Å²) in [7, 11) is 1.31. The van der Waals surface area contributed by atoms with E-state index in [1.807, 2.05) is 13.8 Å². The Morgan fingerprint density at radius 1 is 0.500 bits per heavy atom. The summed E-state index contributed by atoms with van der Waals surface area (Å²) in [4.78, 5) is 0. The second-order valence-corrected chi connectivity index (χ2v) is 32.4. The largest absolute Gasteiger partial charge is 0.394 e. The quantitative estimate of drug-likeness (QED) is 0.0424. The molecule has 4 saturated carbocycles. The highest BCUT2D eigenvalue weighted by molar-refractivity contribution is 5.32. The molecule has 32 heteroatoms. The number of hydrogen-bond acceptors (Lipinski definition) is 32. The van der Waals surface area contributed by atoms with Gasteiger partial charge in [-0.15, -0.1) is 0 Å². The maximum Gasteiger partial charge on any atom is 0.187 e. The summed E-state index contributed by atoms with van der Waals surface area (Å²) in [6.07, 6.45) is -42.2. The molecule has 3 unspecified atom stereocenters. The van der Waals surface area contributed by atoms with Gasteiger partial charge in [0.1, 0.15) is 140 Å². The number of fused-ring (bicyclic) bond motifs is 5. The first-order valence-corrected chi connectivity index (χ1v) is 35.7. The van der Waals surface area contributed by atoms with Gasteiger partial charge in [0.25, 0.3) is 0 Å². The van der Waals surface area contributed by atoms with E-state index in [-0.39, 0.29) is 47.3 Å². The highest BCUT2D eigenvalue weighted by atomic mass is 16.7. The van der Waals surface area contributed by atoms with Crippen LogP contribution < -0.4 is 0 Å². The average molecular weight is 1450 g/mol. The van der Waals surface area contributed by atoms with E-state index in [0.29, 0.717) is 38.5 Å². The number of allylic oxidation sites excluding steroid dienone is 1. The van der Waals surface area contributed by atoms with Gasteiger partial charge in [-0.1, -0.05) is 59.6 Å². The van der Waals surface area contributed by atoms with Gasteiger partial charge in [-0.3, -0.25) is 0 Å². The van der Waals surface area contributed by atoms with Crippen LogP contribution in [-0.4, -0.2) is 349 Å². The fourth-order valence-electron chi connectivity index (χ4n) is 19.3. The predicted molar refractivity (Wildman–Crippen MR) is 340 cm³/mol. The van der Waals surface area contributed by atoms with Crippen molar-refractivity contribution >= 4 is 0 Å². The first-order chi connectivity index (χ1) is 46.8. The molecule has 0 aromatic carbocycles. The van der Waals surface area contributed by atoms with Gasteiger partial charge in [0, 0.05) is 24.4 Å². The van der Waals surface area contributed by atoms with Crippen molar-refractivity contribution in [2.75, 3.05) is 40.1 Å². The van der Waals surface area contributed by atoms with Crippen molar-refractivity contribution in [1.82, 2.24) is 0 Å². The molecule has 9 fully saturated rings. The van der Waals surface area contributed by atoms with Crippen molar-refractivity contribution in [1.29, 1.82) is 0 Å².